The quantitative estimate of drug-likeness (QED) is 0.782. The lowest BCUT2D eigenvalue weighted by Crippen LogP contribution is -2.18. The minimum Gasteiger partial charge on any atom is -0.378 e. The summed E-state index contributed by atoms with van der Waals surface area (Å²) in [5.74, 6) is 0. The van der Waals surface area contributed by atoms with Crippen LogP contribution in [0, 0.1) is 0 Å². The Balaban J connectivity index is 2.09. The molecule has 1 atom stereocenters. The predicted octanol–water partition coefficient (Wildman–Crippen LogP) is 4.62. The second kappa shape index (κ2) is 5.04. The van der Waals surface area contributed by atoms with Gasteiger partial charge < -0.3 is 5.32 Å². The second-order valence-corrected chi connectivity index (χ2v) is 5.06. The third-order valence-corrected chi connectivity index (χ3v) is 3.33. The van der Waals surface area contributed by atoms with Crippen molar-refractivity contribution in [3.05, 3.63) is 39.8 Å². The van der Waals surface area contributed by atoms with E-state index in [-0.39, 0.29) is 0 Å². The molecule has 2 rings (SSSR count). The van der Waals surface area contributed by atoms with Crippen LogP contribution in [0.5, 0.6) is 0 Å². The van der Waals surface area contributed by atoms with Gasteiger partial charge in [-0.25, -0.2) is 0 Å². The molecular formula is C12H13BrClN. The average Bonchev–Trinajstić information content (AvgIpc) is 2.24. The molecule has 0 spiro atoms. The first kappa shape index (κ1) is 11.0. The van der Waals surface area contributed by atoms with E-state index in [4.69, 9.17) is 11.6 Å². The Morgan fingerprint density at radius 2 is 2.27 bits per heavy atom. The van der Waals surface area contributed by atoms with Crippen molar-refractivity contribution in [2.24, 2.45) is 0 Å². The number of hydrogen-bond donors (Lipinski definition) is 1. The number of allylic oxidation sites excluding steroid dienone is 1. The highest BCUT2D eigenvalue weighted by atomic mass is 79.9. The molecule has 0 saturated heterocycles. The summed E-state index contributed by atoms with van der Waals surface area (Å²) >= 11 is 9.53. The van der Waals surface area contributed by atoms with E-state index in [2.05, 4.69) is 33.4 Å². The monoisotopic (exact) mass is 285 g/mol. The van der Waals surface area contributed by atoms with Crippen LogP contribution in [-0.4, -0.2) is 6.04 Å². The normalized spacial score (nSPS) is 20.3. The summed E-state index contributed by atoms with van der Waals surface area (Å²) in [6.07, 6.45) is 8.09. The van der Waals surface area contributed by atoms with Crippen LogP contribution in [0.15, 0.2) is 34.8 Å². The van der Waals surface area contributed by atoms with Crippen molar-refractivity contribution in [2.45, 2.75) is 25.3 Å². The fraction of sp³-hybridized carbons (Fsp3) is 0.333. The molecule has 0 bridgehead atoms. The molecule has 1 nitrogen and oxygen atoms in total. The molecule has 1 unspecified atom stereocenters. The van der Waals surface area contributed by atoms with Crippen molar-refractivity contribution in [1.29, 1.82) is 0 Å². The summed E-state index contributed by atoms with van der Waals surface area (Å²) in [6.45, 7) is 0. The molecule has 1 aliphatic carbocycles. The lowest BCUT2D eigenvalue weighted by atomic mass is 10.0. The molecule has 0 saturated carbocycles. The standard InChI is InChI=1S/C12H13BrClN/c13-9-6-7-12(11(14)8-9)15-10-4-2-1-3-5-10/h2,4,6-8,10,15H,1,3,5H2. The maximum absolute atomic E-state index is 6.13. The van der Waals surface area contributed by atoms with Gasteiger partial charge in [0.25, 0.3) is 0 Å². The third-order valence-electron chi connectivity index (χ3n) is 2.53. The van der Waals surface area contributed by atoms with Crippen molar-refractivity contribution in [1.82, 2.24) is 0 Å². The predicted molar refractivity (Wildman–Crippen MR) is 69.6 cm³/mol. The molecule has 1 aromatic rings. The van der Waals surface area contributed by atoms with Crippen molar-refractivity contribution < 1.29 is 0 Å². The molecule has 0 amide bonds. The highest BCUT2D eigenvalue weighted by Gasteiger charge is 2.09. The molecule has 80 valence electrons. The maximum Gasteiger partial charge on any atom is 0.0648 e. The van der Waals surface area contributed by atoms with E-state index in [1.54, 1.807) is 0 Å². The number of nitrogens with one attached hydrogen (secondary N) is 1. The second-order valence-electron chi connectivity index (χ2n) is 3.73. The molecule has 1 aromatic carbocycles. The highest BCUT2D eigenvalue weighted by molar-refractivity contribution is 9.10. The first-order valence-corrected chi connectivity index (χ1v) is 6.31. The van der Waals surface area contributed by atoms with E-state index < -0.39 is 0 Å². The van der Waals surface area contributed by atoms with Gasteiger partial charge >= 0.3 is 0 Å². The fourth-order valence-electron chi connectivity index (χ4n) is 1.74. The van der Waals surface area contributed by atoms with E-state index in [0.29, 0.717) is 6.04 Å². The summed E-state index contributed by atoms with van der Waals surface area (Å²) in [7, 11) is 0. The lowest BCUT2D eigenvalue weighted by Gasteiger charge is -2.20. The van der Waals surface area contributed by atoms with Gasteiger partial charge in [-0.1, -0.05) is 39.7 Å². The Hall–Kier alpha value is -0.470. The fourth-order valence-corrected chi connectivity index (χ4v) is 2.47. The Morgan fingerprint density at radius 3 is 2.93 bits per heavy atom. The topological polar surface area (TPSA) is 12.0 Å². The van der Waals surface area contributed by atoms with Crippen molar-refractivity contribution in [3.63, 3.8) is 0 Å². The summed E-state index contributed by atoms with van der Waals surface area (Å²) in [5, 5.41) is 4.20. The van der Waals surface area contributed by atoms with Gasteiger partial charge in [0.2, 0.25) is 0 Å². The maximum atomic E-state index is 6.13. The Bertz CT molecular complexity index is 376. The van der Waals surface area contributed by atoms with Gasteiger partial charge in [0.15, 0.2) is 0 Å². The van der Waals surface area contributed by atoms with Crippen LogP contribution in [0.4, 0.5) is 5.69 Å². The third kappa shape index (κ3) is 2.99. The van der Waals surface area contributed by atoms with Crippen LogP contribution < -0.4 is 5.32 Å². The first-order chi connectivity index (χ1) is 7.25. The molecule has 0 radical (unpaired) electrons. The number of anilines is 1. The first-order valence-electron chi connectivity index (χ1n) is 5.14. The molecular weight excluding hydrogens is 273 g/mol. The van der Waals surface area contributed by atoms with Crippen molar-refractivity contribution in [2.75, 3.05) is 5.32 Å². The van der Waals surface area contributed by atoms with Gasteiger partial charge in [0.05, 0.1) is 10.7 Å². The molecule has 0 aromatic heterocycles. The molecule has 1 aliphatic rings. The zero-order valence-corrected chi connectivity index (χ0v) is 10.7. The zero-order chi connectivity index (χ0) is 10.7. The van der Waals surface area contributed by atoms with Gasteiger partial charge in [0, 0.05) is 10.5 Å². The van der Waals surface area contributed by atoms with Gasteiger partial charge in [-0.2, -0.15) is 0 Å². The smallest absolute Gasteiger partial charge is 0.0648 e. The summed E-state index contributed by atoms with van der Waals surface area (Å²) in [5.41, 5.74) is 1.01. The Morgan fingerprint density at radius 1 is 1.40 bits per heavy atom. The molecule has 0 heterocycles. The van der Waals surface area contributed by atoms with E-state index >= 15 is 0 Å². The SMILES string of the molecule is Clc1cc(Br)ccc1NC1C=CCCC1. The minimum atomic E-state index is 0.428. The number of hydrogen-bond acceptors (Lipinski definition) is 1. The van der Waals surface area contributed by atoms with Crippen LogP contribution in [0.2, 0.25) is 5.02 Å². The van der Waals surface area contributed by atoms with E-state index in [1.165, 1.54) is 19.3 Å². The number of benzene rings is 1. The van der Waals surface area contributed by atoms with Gasteiger partial charge in [-0.15, -0.1) is 0 Å². The van der Waals surface area contributed by atoms with Crippen LogP contribution in [0.3, 0.4) is 0 Å². The molecule has 0 aliphatic heterocycles. The van der Waals surface area contributed by atoms with E-state index in [1.807, 2.05) is 18.2 Å². The van der Waals surface area contributed by atoms with Crippen LogP contribution >= 0.6 is 27.5 Å². The van der Waals surface area contributed by atoms with Crippen LogP contribution in [0.25, 0.3) is 0 Å². The van der Waals surface area contributed by atoms with Crippen molar-refractivity contribution in [3.8, 4) is 0 Å². The van der Waals surface area contributed by atoms with E-state index in [9.17, 15) is 0 Å². The van der Waals surface area contributed by atoms with Gasteiger partial charge in [-0.05, 0) is 37.5 Å². The van der Waals surface area contributed by atoms with Crippen LogP contribution in [0.1, 0.15) is 19.3 Å². The van der Waals surface area contributed by atoms with E-state index in [0.717, 1.165) is 15.2 Å². The molecule has 0 fully saturated rings. The minimum absolute atomic E-state index is 0.428. The summed E-state index contributed by atoms with van der Waals surface area (Å²) in [6, 6.07) is 6.35. The molecule has 3 heteroatoms. The van der Waals surface area contributed by atoms with Crippen molar-refractivity contribution >= 4 is 33.2 Å². The summed E-state index contributed by atoms with van der Waals surface area (Å²) in [4.78, 5) is 0. The van der Waals surface area contributed by atoms with Gasteiger partial charge in [0.1, 0.15) is 0 Å². The zero-order valence-electron chi connectivity index (χ0n) is 8.34. The Labute approximate surface area is 104 Å². The highest BCUT2D eigenvalue weighted by Crippen LogP contribution is 2.27. The molecule has 1 N–H and O–H groups in total. The average molecular weight is 287 g/mol. The van der Waals surface area contributed by atoms with Crippen LogP contribution in [-0.2, 0) is 0 Å². The Kier molecular flexibility index (Phi) is 3.71. The molecule has 15 heavy (non-hydrogen) atoms. The van der Waals surface area contributed by atoms with Gasteiger partial charge in [-0.3, -0.25) is 0 Å². The largest absolute Gasteiger partial charge is 0.378 e. The lowest BCUT2D eigenvalue weighted by molar-refractivity contribution is 0.674. The number of rotatable bonds is 2. The summed E-state index contributed by atoms with van der Waals surface area (Å²) < 4.78 is 1.01. The number of halogens is 2.